The number of benzene rings is 1. The third-order valence-corrected chi connectivity index (χ3v) is 4.15. The summed E-state index contributed by atoms with van der Waals surface area (Å²) in [5.41, 5.74) is 5.78. The molecule has 0 aliphatic carbocycles. The minimum atomic E-state index is 0.421. The van der Waals surface area contributed by atoms with E-state index in [1.165, 1.54) is 16.7 Å². The van der Waals surface area contributed by atoms with Crippen LogP contribution in [-0.4, -0.2) is 14.9 Å². The molecule has 3 aromatic rings. The first-order valence-electron chi connectivity index (χ1n) is 8.84. The quantitative estimate of drug-likeness (QED) is 0.601. The van der Waals surface area contributed by atoms with Crippen molar-refractivity contribution >= 4 is 0 Å². The lowest BCUT2D eigenvalue weighted by Gasteiger charge is -2.03. The van der Waals surface area contributed by atoms with E-state index in [9.17, 15) is 0 Å². The van der Waals surface area contributed by atoms with Gasteiger partial charge in [-0.05, 0) is 46.6 Å². The van der Waals surface area contributed by atoms with Crippen LogP contribution in [0.5, 0.6) is 0 Å². The van der Waals surface area contributed by atoms with E-state index >= 15 is 0 Å². The van der Waals surface area contributed by atoms with Gasteiger partial charge in [-0.25, -0.2) is 0 Å². The molecule has 0 unspecified atom stereocenters. The van der Waals surface area contributed by atoms with E-state index in [0.29, 0.717) is 12.0 Å². The summed E-state index contributed by atoms with van der Waals surface area (Å²) in [5, 5.41) is 8.39. The molecule has 4 heteroatoms. The maximum absolute atomic E-state index is 5.01. The zero-order valence-electron chi connectivity index (χ0n) is 16.4. The van der Waals surface area contributed by atoms with Crippen LogP contribution in [0.4, 0.5) is 0 Å². The minimum absolute atomic E-state index is 0.421. The number of rotatable bonds is 3. The van der Waals surface area contributed by atoms with Crippen molar-refractivity contribution in [1.29, 1.82) is 0 Å². The Labute approximate surface area is 150 Å². The van der Waals surface area contributed by atoms with Gasteiger partial charge < -0.3 is 4.52 Å². The Bertz CT molecular complexity index is 775. The molecule has 0 fully saturated rings. The molecular formula is C21H29N3O. The van der Waals surface area contributed by atoms with Gasteiger partial charge in [0.1, 0.15) is 5.76 Å². The van der Waals surface area contributed by atoms with E-state index in [-0.39, 0.29) is 0 Å². The summed E-state index contributed by atoms with van der Waals surface area (Å²) in [7, 11) is 0. The van der Waals surface area contributed by atoms with E-state index in [4.69, 9.17) is 4.52 Å². The van der Waals surface area contributed by atoms with Crippen LogP contribution < -0.4 is 0 Å². The number of aryl methyl sites for hydroxylation is 3. The predicted octanol–water partition coefficient (Wildman–Crippen LogP) is 5.85. The maximum Gasteiger partial charge on any atom is 0.137 e. The summed E-state index contributed by atoms with van der Waals surface area (Å²) in [4.78, 5) is 0. The molecule has 25 heavy (non-hydrogen) atoms. The SMILES string of the molecule is Cc1ccc(-c2ccn(C(C)C)n2)cc1.Cc1noc(C)c1C(C)C. The second kappa shape index (κ2) is 8.15. The minimum Gasteiger partial charge on any atom is -0.361 e. The van der Waals surface area contributed by atoms with E-state index in [0.717, 1.165) is 17.1 Å². The second-order valence-corrected chi connectivity index (χ2v) is 7.03. The highest BCUT2D eigenvalue weighted by atomic mass is 16.5. The van der Waals surface area contributed by atoms with Gasteiger partial charge in [0.25, 0.3) is 0 Å². The van der Waals surface area contributed by atoms with E-state index in [1.54, 1.807) is 0 Å². The first-order valence-corrected chi connectivity index (χ1v) is 8.84. The Morgan fingerprint density at radius 2 is 1.56 bits per heavy atom. The first kappa shape index (κ1) is 19.0. The number of aromatic nitrogens is 3. The van der Waals surface area contributed by atoms with E-state index < -0.39 is 0 Å². The summed E-state index contributed by atoms with van der Waals surface area (Å²) in [6.45, 7) is 14.6. The number of nitrogens with zero attached hydrogens (tertiary/aromatic N) is 3. The van der Waals surface area contributed by atoms with Gasteiger partial charge >= 0.3 is 0 Å². The molecule has 3 rings (SSSR count). The van der Waals surface area contributed by atoms with Crippen LogP contribution in [0.2, 0.25) is 0 Å². The van der Waals surface area contributed by atoms with Crippen LogP contribution in [0.15, 0.2) is 41.1 Å². The molecule has 0 saturated carbocycles. The molecule has 0 bridgehead atoms. The molecule has 134 valence electrons. The number of hydrogen-bond acceptors (Lipinski definition) is 3. The third kappa shape index (κ3) is 4.81. The summed E-state index contributed by atoms with van der Waals surface area (Å²) in [6, 6.07) is 10.9. The van der Waals surface area contributed by atoms with Crippen molar-refractivity contribution in [3.8, 4) is 11.3 Å². The average Bonchev–Trinajstić information content (AvgIpc) is 3.16. The molecule has 0 spiro atoms. The van der Waals surface area contributed by atoms with Gasteiger partial charge in [-0.2, -0.15) is 5.10 Å². The normalized spacial score (nSPS) is 10.9. The molecule has 2 aromatic heterocycles. The lowest BCUT2D eigenvalue weighted by molar-refractivity contribution is 0.392. The van der Waals surface area contributed by atoms with Crippen molar-refractivity contribution in [2.75, 3.05) is 0 Å². The Morgan fingerprint density at radius 1 is 0.920 bits per heavy atom. The lowest BCUT2D eigenvalue weighted by atomic mass is 10.0. The van der Waals surface area contributed by atoms with Crippen molar-refractivity contribution < 1.29 is 4.52 Å². The van der Waals surface area contributed by atoms with E-state index in [1.807, 2.05) is 24.7 Å². The molecule has 0 radical (unpaired) electrons. The third-order valence-electron chi connectivity index (χ3n) is 4.15. The summed E-state index contributed by atoms with van der Waals surface area (Å²) in [6.07, 6.45) is 2.03. The predicted molar refractivity (Wildman–Crippen MR) is 103 cm³/mol. The molecule has 4 nitrogen and oxygen atoms in total. The average molecular weight is 339 g/mol. The molecule has 1 aromatic carbocycles. The Kier molecular flexibility index (Phi) is 6.18. The molecule has 0 N–H and O–H groups in total. The zero-order valence-corrected chi connectivity index (χ0v) is 16.4. The number of hydrogen-bond donors (Lipinski definition) is 0. The molecule has 0 saturated heterocycles. The fourth-order valence-electron chi connectivity index (χ4n) is 2.82. The van der Waals surface area contributed by atoms with Crippen molar-refractivity contribution in [3.05, 3.63) is 59.1 Å². The van der Waals surface area contributed by atoms with Gasteiger partial charge in [-0.15, -0.1) is 0 Å². The maximum atomic E-state index is 5.01. The van der Waals surface area contributed by atoms with Crippen LogP contribution in [0.25, 0.3) is 11.3 Å². The van der Waals surface area contributed by atoms with Crippen molar-refractivity contribution in [2.45, 2.75) is 60.4 Å². The molecule has 0 amide bonds. The molecule has 0 aliphatic rings. The van der Waals surface area contributed by atoms with Gasteiger partial charge in [-0.3, -0.25) is 4.68 Å². The highest BCUT2D eigenvalue weighted by molar-refractivity contribution is 5.58. The largest absolute Gasteiger partial charge is 0.361 e. The van der Waals surface area contributed by atoms with Gasteiger partial charge in [-0.1, -0.05) is 48.8 Å². The molecule has 0 aliphatic heterocycles. The van der Waals surface area contributed by atoms with Gasteiger partial charge in [0.05, 0.1) is 11.4 Å². The van der Waals surface area contributed by atoms with Crippen molar-refractivity contribution in [2.24, 2.45) is 0 Å². The van der Waals surface area contributed by atoms with Gasteiger partial charge in [0.15, 0.2) is 0 Å². The summed E-state index contributed by atoms with van der Waals surface area (Å²) < 4.78 is 6.99. The highest BCUT2D eigenvalue weighted by Gasteiger charge is 2.11. The van der Waals surface area contributed by atoms with Crippen LogP contribution in [0.3, 0.4) is 0 Å². The standard InChI is InChI=1S/C13H16N2.C8H13NO/c1-10(2)15-9-8-13(14-15)12-6-4-11(3)5-7-12;1-5(2)8-6(3)9-10-7(8)4/h4-10H,1-3H3;5H,1-4H3. The van der Waals surface area contributed by atoms with E-state index in [2.05, 4.69) is 75.2 Å². The Morgan fingerprint density at radius 3 is 1.96 bits per heavy atom. The molecule has 2 heterocycles. The van der Waals surface area contributed by atoms with Crippen molar-refractivity contribution in [1.82, 2.24) is 14.9 Å². The van der Waals surface area contributed by atoms with Gasteiger partial charge in [0, 0.05) is 23.4 Å². The van der Waals surface area contributed by atoms with Gasteiger partial charge in [0.2, 0.25) is 0 Å². The van der Waals surface area contributed by atoms with Crippen LogP contribution >= 0.6 is 0 Å². The highest BCUT2D eigenvalue weighted by Crippen LogP contribution is 2.21. The van der Waals surface area contributed by atoms with Crippen LogP contribution in [-0.2, 0) is 0 Å². The fourth-order valence-corrected chi connectivity index (χ4v) is 2.82. The Balaban J connectivity index is 0.000000196. The topological polar surface area (TPSA) is 43.9 Å². The lowest BCUT2D eigenvalue weighted by Crippen LogP contribution is -2.00. The van der Waals surface area contributed by atoms with Crippen LogP contribution in [0, 0.1) is 20.8 Å². The second-order valence-electron chi connectivity index (χ2n) is 7.03. The molecule has 0 atom stereocenters. The monoisotopic (exact) mass is 339 g/mol. The fraction of sp³-hybridized carbons (Fsp3) is 0.429. The molecular weight excluding hydrogens is 310 g/mol. The van der Waals surface area contributed by atoms with Crippen molar-refractivity contribution in [3.63, 3.8) is 0 Å². The summed E-state index contributed by atoms with van der Waals surface area (Å²) in [5.74, 6) is 1.47. The zero-order chi connectivity index (χ0) is 18.6. The Hall–Kier alpha value is -2.36. The smallest absolute Gasteiger partial charge is 0.137 e. The van der Waals surface area contributed by atoms with Crippen LogP contribution in [0.1, 0.15) is 62.2 Å². The summed E-state index contributed by atoms with van der Waals surface area (Å²) >= 11 is 0. The first-order chi connectivity index (χ1) is 11.8.